The highest BCUT2D eigenvalue weighted by Crippen LogP contribution is 2.15. The van der Waals surface area contributed by atoms with E-state index in [1.807, 2.05) is 18.2 Å². The van der Waals surface area contributed by atoms with Gasteiger partial charge in [0.05, 0.1) is 6.54 Å². The van der Waals surface area contributed by atoms with Crippen molar-refractivity contribution < 1.29 is 5.11 Å². The van der Waals surface area contributed by atoms with Gasteiger partial charge < -0.3 is 10.0 Å². The van der Waals surface area contributed by atoms with Gasteiger partial charge in [0.25, 0.3) is 0 Å². The predicted octanol–water partition coefficient (Wildman–Crippen LogP) is 1.23. The fourth-order valence-corrected chi connectivity index (χ4v) is 2.58. The Bertz CT molecular complexity index is 654. The van der Waals surface area contributed by atoms with Crippen molar-refractivity contribution in [2.24, 2.45) is 5.41 Å². The van der Waals surface area contributed by atoms with E-state index in [0.717, 1.165) is 26.1 Å². The molecular weight excluding hydrogens is 280 g/mol. The zero-order valence-electron chi connectivity index (χ0n) is 13.7. The molecule has 0 saturated heterocycles. The third kappa shape index (κ3) is 4.42. The van der Waals surface area contributed by atoms with Crippen molar-refractivity contribution in [1.29, 1.82) is 0 Å². The molecule has 2 heterocycles. The molecule has 0 unspecified atom stereocenters. The molecule has 0 aliphatic heterocycles. The summed E-state index contributed by atoms with van der Waals surface area (Å²) in [6, 6.07) is 5.53. The van der Waals surface area contributed by atoms with Crippen LogP contribution in [0.15, 0.2) is 29.2 Å². The van der Waals surface area contributed by atoms with Crippen LogP contribution in [0.4, 0.5) is 0 Å². The number of aliphatic hydroxyl groups excluding tert-OH is 1. The molecule has 0 aromatic carbocycles. The minimum atomic E-state index is -0.103. The van der Waals surface area contributed by atoms with Crippen molar-refractivity contribution in [2.45, 2.75) is 33.7 Å². The first kappa shape index (κ1) is 16.7. The highest BCUT2D eigenvalue weighted by Gasteiger charge is 2.17. The summed E-state index contributed by atoms with van der Waals surface area (Å²) in [7, 11) is 0. The van der Waals surface area contributed by atoms with Gasteiger partial charge in [0.15, 0.2) is 5.65 Å². The van der Waals surface area contributed by atoms with Gasteiger partial charge in [-0.25, -0.2) is 9.48 Å². The molecule has 0 atom stereocenters. The monoisotopic (exact) mass is 306 g/mol. The molecule has 0 radical (unpaired) electrons. The molecule has 2 rings (SSSR count). The first-order valence-corrected chi connectivity index (χ1v) is 7.78. The lowest BCUT2D eigenvalue weighted by Crippen LogP contribution is -2.37. The summed E-state index contributed by atoms with van der Waals surface area (Å²) in [5.74, 6) is 0. The van der Waals surface area contributed by atoms with Crippen LogP contribution >= 0.6 is 0 Å². The summed E-state index contributed by atoms with van der Waals surface area (Å²) in [4.78, 5) is 14.5. The summed E-state index contributed by atoms with van der Waals surface area (Å²) in [5, 5.41) is 13.4. The molecule has 0 aliphatic carbocycles. The smallest absolute Gasteiger partial charge is 0.350 e. The van der Waals surface area contributed by atoms with Crippen molar-refractivity contribution in [1.82, 2.24) is 19.1 Å². The molecule has 22 heavy (non-hydrogen) atoms. The molecule has 0 aliphatic rings. The van der Waals surface area contributed by atoms with Crippen molar-refractivity contribution >= 4 is 5.65 Å². The van der Waals surface area contributed by atoms with Crippen molar-refractivity contribution in [3.05, 3.63) is 34.9 Å². The highest BCUT2D eigenvalue weighted by atomic mass is 16.3. The van der Waals surface area contributed by atoms with Crippen LogP contribution in [0.2, 0.25) is 0 Å². The largest absolute Gasteiger partial charge is 0.396 e. The Labute approximate surface area is 131 Å². The summed E-state index contributed by atoms with van der Waals surface area (Å²) in [6.45, 7) is 9.82. The standard InChI is InChI=1S/C16H26N4O2/c1-16(2,3)13-18(8-6-12-21)10-11-20-15(22)19-9-5-4-7-14(19)17-20/h4-5,7,9,21H,6,8,10-13H2,1-3H3. The minimum Gasteiger partial charge on any atom is -0.396 e. The van der Waals surface area contributed by atoms with Crippen LogP contribution < -0.4 is 5.69 Å². The molecule has 2 aromatic rings. The quantitative estimate of drug-likeness (QED) is 0.835. The highest BCUT2D eigenvalue weighted by molar-refractivity contribution is 5.35. The first-order chi connectivity index (χ1) is 10.4. The van der Waals surface area contributed by atoms with Gasteiger partial charge in [-0.2, -0.15) is 0 Å². The van der Waals surface area contributed by atoms with E-state index in [9.17, 15) is 4.79 Å². The zero-order chi connectivity index (χ0) is 16.2. The third-order valence-corrected chi connectivity index (χ3v) is 3.45. The molecule has 0 saturated carbocycles. The molecule has 0 fully saturated rings. The number of aliphatic hydroxyl groups is 1. The number of hydrogen-bond donors (Lipinski definition) is 1. The summed E-state index contributed by atoms with van der Waals surface area (Å²) >= 11 is 0. The molecule has 0 amide bonds. The van der Waals surface area contributed by atoms with Gasteiger partial charge in [-0.15, -0.1) is 5.10 Å². The van der Waals surface area contributed by atoms with Crippen molar-refractivity contribution in [3.63, 3.8) is 0 Å². The minimum absolute atomic E-state index is 0.103. The van der Waals surface area contributed by atoms with E-state index in [2.05, 4.69) is 30.8 Å². The number of nitrogens with zero attached hydrogens (tertiary/aromatic N) is 4. The van der Waals surface area contributed by atoms with Crippen LogP contribution in [0.1, 0.15) is 27.2 Å². The molecular formula is C16H26N4O2. The van der Waals surface area contributed by atoms with E-state index in [4.69, 9.17) is 5.11 Å². The molecule has 2 aromatic heterocycles. The van der Waals surface area contributed by atoms with E-state index in [-0.39, 0.29) is 17.7 Å². The van der Waals surface area contributed by atoms with Gasteiger partial charge in [0.2, 0.25) is 0 Å². The van der Waals surface area contributed by atoms with E-state index >= 15 is 0 Å². The fraction of sp³-hybridized carbons (Fsp3) is 0.625. The van der Waals surface area contributed by atoms with E-state index < -0.39 is 0 Å². The molecule has 122 valence electrons. The SMILES string of the molecule is CC(C)(C)CN(CCCO)CCn1nc2ccccn2c1=O. The first-order valence-electron chi connectivity index (χ1n) is 7.78. The van der Waals surface area contributed by atoms with E-state index in [0.29, 0.717) is 12.2 Å². The predicted molar refractivity (Wildman–Crippen MR) is 87.0 cm³/mol. The van der Waals surface area contributed by atoms with Crippen LogP contribution in [0.25, 0.3) is 5.65 Å². The van der Waals surface area contributed by atoms with Gasteiger partial charge in [-0.1, -0.05) is 26.8 Å². The Kier molecular flexibility index (Phi) is 5.37. The number of hydrogen-bond acceptors (Lipinski definition) is 4. The Morgan fingerprint density at radius 2 is 2.05 bits per heavy atom. The number of aromatic nitrogens is 3. The second-order valence-electron chi connectivity index (χ2n) is 6.85. The average molecular weight is 306 g/mol. The Hall–Kier alpha value is -1.66. The summed E-state index contributed by atoms with van der Waals surface area (Å²) in [5.41, 5.74) is 0.748. The van der Waals surface area contributed by atoms with E-state index in [1.165, 1.54) is 4.68 Å². The van der Waals surface area contributed by atoms with Crippen LogP contribution in [0, 0.1) is 5.41 Å². The van der Waals surface area contributed by atoms with Crippen LogP contribution in [-0.2, 0) is 6.54 Å². The Balaban J connectivity index is 2.06. The number of fused-ring (bicyclic) bond motifs is 1. The lowest BCUT2D eigenvalue weighted by molar-refractivity contribution is 0.165. The van der Waals surface area contributed by atoms with Gasteiger partial charge in [-0.05, 0) is 24.0 Å². The molecule has 6 nitrogen and oxygen atoms in total. The molecule has 0 spiro atoms. The second kappa shape index (κ2) is 7.07. The van der Waals surface area contributed by atoms with Crippen molar-refractivity contribution in [2.75, 3.05) is 26.2 Å². The molecule has 1 N–H and O–H groups in total. The van der Waals surface area contributed by atoms with Crippen molar-refractivity contribution in [3.8, 4) is 0 Å². The topological polar surface area (TPSA) is 62.8 Å². The zero-order valence-corrected chi connectivity index (χ0v) is 13.7. The van der Waals surface area contributed by atoms with Gasteiger partial charge >= 0.3 is 5.69 Å². The molecule has 6 heteroatoms. The van der Waals surface area contributed by atoms with Gasteiger partial charge in [0.1, 0.15) is 0 Å². The average Bonchev–Trinajstić information content (AvgIpc) is 2.78. The fourth-order valence-electron chi connectivity index (χ4n) is 2.58. The maximum Gasteiger partial charge on any atom is 0.350 e. The summed E-state index contributed by atoms with van der Waals surface area (Å²) < 4.78 is 3.08. The lowest BCUT2D eigenvalue weighted by atomic mass is 9.96. The lowest BCUT2D eigenvalue weighted by Gasteiger charge is -2.29. The van der Waals surface area contributed by atoms with Crippen LogP contribution in [0.3, 0.4) is 0 Å². The number of pyridine rings is 1. The second-order valence-corrected chi connectivity index (χ2v) is 6.85. The van der Waals surface area contributed by atoms with Crippen LogP contribution in [-0.4, -0.2) is 50.4 Å². The summed E-state index contributed by atoms with van der Waals surface area (Å²) in [6.07, 6.45) is 2.48. The van der Waals surface area contributed by atoms with Crippen LogP contribution in [0.5, 0.6) is 0 Å². The maximum absolute atomic E-state index is 12.2. The van der Waals surface area contributed by atoms with Gasteiger partial charge in [-0.3, -0.25) is 4.40 Å². The number of rotatable bonds is 7. The van der Waals surface area contributed by atoms with Gasteiger partial charge in [0, 0.05) is 32.4 Å². The normalized spacial score (nSPS) is 12.4. The Morgan fingerprint density at radius 3 is 2.68 bits per heavy atom. The Morgan fingerprint density at radius 1 is 1.27 bits per heavy atom. The van der Waals surface area contributed by atoms with E-state index in [1.54, 1.807) is 10.6 Å². The third-order valence-electron chi connectivity index (χ3n) is 3.45. The maximum atomic E-state index is 12.2. The molecule has 0 bridgehead atoms.